The Hall–Kier alpha value is -1.70. The SMILES string of the molecule is CC1=C2N(C=CC2(C)C)C(C2CCCCC2)N1c1ccccc1C. The van der Waals surface area contributed by atoms with Crippen LogP contribution in [0.25, 0.3) is 0 Å². The average Bonchev–Trinajstić information content (AvgIpc) is 3.04. The normalized spacial score (nSPS) is 26.4. The zero-order valence-corrected chi connectivity index (χ0v) is 15.5. The predicted octanol–water partition coefficient (Wildman–Crippen LogP) is 5.81. The predicted molar refractivity (Wildman–Crippen MR) is 101 cm³/mol. The molecule has 128 valence electrons. The molecule has 0 radical (unpaired) electrons. The van der Waals surface area contributed by atoms with Crippen LogP contribution in [0.4, 0.5) is 5.69 Å². The standard InChI is InChI=1S/C22H30N2/c1-16-10-8-9-13-19(16)24-17(2)20-22(3,4)14-15-23(20)21(24)18-11-6-5-7-12-18/h8-10,13-15,18,21H,5-7,11-12H2,1-4H3. The number of anilines is 1. The summed E-state index contributed by atoms with van der Waals surface area (Å²) in [4.78, 5) is 5.24. The monoisotopic (exact) mass is 322 g/mol. The summed E-state index contributed by atoms with van der Waals surface area (Å²) in [6, 6.07) is 8.88. The van der Waals surface area contributed by atoms with Crippen molar-refractivity contribution < 1.29 is 0 Å². The van der Waals surface area contributed by atoms with E-state index in [1.54, 1.807) is 0 Å². The Bertz CT molecular complexity index is 692. The molecule has 1 fully saturated rings. The lowest BCUT2D eigenvalue weighted by Crippen LogP contribution is -2.44. The van der Waals surface area contributed by atoms with E-state index < -0.39 is 0 Å². The van der Waals surface area contributed by atoms with Gasteiger partial charge in [-0.2, -0.15) is 0 Å². The topological polar surface area (TPSA) is 6.48 Å². The Morgan fingerprint density at radius 2 is 1.71 bits per heavy atom. The molecule has 0 amide bonds. The minimum atomic E-state index is 0.133. The van der Waals surface area contributed by atoms with Crippen LogP contribution in [0.2, 0.25) is 0 Å². The summed E-state index contributed by atoms with van der Waals surface area (Å²) >= 11 is 0. The molecule has 0 aromatic heterocycles. The lowest BCUT2D eigenvalue weighted by Gasteiger charge is -2.40. The molecule has 1 atom stereocenters. The summed E-state index contributed by atoms with van der Waals surface area (Å²) in [6.07, 6.45) is 12.1. The minimum absolute atomic E-state index is 0.133. The van der Waals surface area contributed by atoms with Crippen molar-refractivity contribution in [3.63, 3.8) is 0 Å². The molecule has 0 bridgehead atoms. The van der Waals surface area contributed by atoms with Gasteiger partial charge in [0.15, 0.2) is 0 Å². The molecule has 2 heterocycles. The number of para-hydroxylation sites is 1. The van der Waals surface area contributed by atoms with E-state index in [2.05, 4.69) is 74.0 Å². The number of fused-ring (bicyclic) bond motifs is 1. The maximum absolute atomic E-state index is 2.64. The molecular formula is C22H30N2. The summed E-state index contributed by atoms with van der Waals surface area (Å²) < 4.78 is 0. The molecule has 1 aromatic carbocycles. The Labute approximate surface area is 146 Å². The second-order valence-corrected chi connectivity index (χ2v) is 8.35. The summed E-state index contributed by atoms with van der Waals surface area (Å²) in [7, 11) is 0. The summed E-state index contributed by atoms with van der Waals surface area (Å²) in [5.41, 5.74) is 5.84. The molecular weight excluding hydrogens is 292 g/mol. The zero-order valence-electron chi connectivity index (χ0n) is 15.5. The van der Waals surface area contributed by atoms with E-state index in [1.807, 2.05) is 0 Å². The third kappa shape index (κ3) is 2.30. The molecule has 0 spiro atoms. The van der Waals surface area contributed by atoms with Crippen LogP contribution in [0.1, 0.15) is 58.4 Å². The second-order valence-electron chi connectivity index (χ2n) is 8.35. The number of allylic oxidation sites excluding steroid dienone is 2. The van der Waals surface area contributed by atoms with Gasteiger partial charge in [-0.3, -0.25) is 0 Å². The van der Waals surface area contributed by atoms with Crippen LogP contribution < -0.4 is 4.90 Å². The van der Waals surface area contributed by atoms with Gasteiger partial charge >= 0.3 is 0 Å². The van der Waals surface area contributed by atoms with Crippen molar-refractivity contribution in [2.24, 2.45) is 11.3 Å². The number of hydrogen-bond acceptors (Lipinski definition) is 2. The lowest BCUT2D eigenvalue weighted by atomic mass is 9.86. The van der Waals surface area contributed by atoms with Gasteiger partial charge in [-0.1, -0.05) is 57.4 Å². The molecule has 2 heteroatoms. The van der Waals surface area contributed by atoms with Crippen molar-refractivity contribution in [2.75, 3.05) is 4.90 Å². The van der Waals surface area contributed by atoms with Crippen LogP contribution >= 0.6 is 0 Å². The van der Waals surface area contributed by atoms with E-state index in [9.17, 15) is 0 Å². The molecule has 0 N–H and O–H groups in total. The van der Waals surface area contributed by atoms with Gasteiger partial charge in [-0.25, -0.2) is 0 Å². The van der Waals surface area contributed by atoms with Crippen LogP contribution in [0.3, 0.4) is 0 Å². The van der Waals surface area contributed by atoms with E-state index in [1.165, 1.54) is 54.7 Å². The first-order chi connectivity index (χ1) is 11.5. The van der Waals surface area contributed by atoms with Crippen LogP contribution in [0.15, 0.2) is 47.9 Å². The lowest BCUT2D eigenvalue weighted by molar-refractivity contribution is 0.206. The van der Waals surface area contributed by atoms with E-state index in [0.717, 1.165) is 5.92 Å². The molecule has 1 saturated carbocycles. The van der Waals surface area contributed by atoms with Gasteiger partial charge in [0, 0.05) is 28.7 Å². The maximum atomic E-state index is 2.64. The third-order valence-electron chi connectivity index (χ3n) is 6.22. The van der Waals surface area contributed by atoms with Gasteiger partial charge < -0.3 is 9.80 Å². The Kier molecular flexibility index (Phi) is 3.74. The van der Waals surface area contributed by atoms with Crippen LogP contribution in [-0.4, -0.2) is 11.1 Å². The number of benzene rings is 1. The highest BCUT2D eigenvalue weighted by Crippen LogP contribution is 2.50. The number of rotatable bonds is 2. The fourth-order valence-corrected chi connectivity index (χ4v) is 5.09. The van der Waals surface area contributed by atoms with Gasteiger partial charge in [0.25, 0.3) is 0 Å². The molecule has 1 unspecified atom stereocenters. The van der Waals surface area contributed by atoms with E-state index in [4.69, 9.17) is 0 Å². The van der Waals surface area contributed by atoms with Crippen LogP contribution in [-0.2, 0) is 0 Å². The third-order valence-corrected chi connectivity index (χ3v) is 6.22. The van der Waals surface area contributed by atoms with Gasteiger partial charge in [0.1, 0.15) is 6.17 Å². The fourth-order valence-electron chi connectivity index (χ4n) is 5.09. The van der Waals surface area contributed by atoms with Crippen LogP contribution in [0, 0.1) is 18.3 Å². The molecule has 2 aliphatic heterocycles. The smallest absolute Gasteiger partial charge is 0.113 e. The first-order valence-electron chi connectivity index (χ1n) is 9.54. The highest BCUT2D eigenvalue weighted by atomic mass is 15.4. The van der Waals surface area contributed by atoms with Crippen LogP contribution in [0.5, 0.6) is 0 Å². The molecule has 1 aromatic rings. The Balaban J connectivity index is 1.81. The summed E-state index contributed by atoms with van der Waals surface area (Å²) in [6.45, 7) is 9.27. The van der Waals surface area contributed by atoms with E-state index in [-0.39, 0.29) is 5.41 Å². The second kappa shape index (κ2) is 5.68. The Morgan fingerprint density at radius 1 is 1.00 bits per heavy atom. The van der Waals surface area contributed by atoms with E-state index >= 15 is 0 Å². The average molecular weight is 322 g/mol. The molecule has 2 nitrogen and oxygen atoms in total. The van der Waals surface area contributed by atoms with Crippen molar-refractivity contribution in [2.45, 2.75) is 66.0 Å². The van der Waals surface area contributed by atoms with Gasteiger partial charge in [-0.15, -0.1) is 0 Å². The van der Waals surface area contributed by atoms with Crippen molar-refractivity contribution in [3.05, 3.63) is 53.5 Å². The highest BCUT2D eigenvalue weighted by molar-refractivity contribution is 5.62. The molecule has 0 saturated heterocycles. The number of hydrogen-bond donors (Lipinski definition) is 0. The van der Waals surface area contributed by atoms with Gasteiger partial charge in [0.2, 0.25) is 0 Å². The van der Waals surface area contributed by atoms with Crippen molar-refractivity contribution in [3.8, 4) is 0 Å². The highest BCUT2D eigenvalue weighted by Gasteiger charge is 2.47. The van der Waals surface area contributed by atoms with Gasteiger partial charge in [-0.05, 0) is 44.2 Å². The minimum Gasteiger partial charge on any atom is -0.328 e. The molecule has 4 rings (SSSR count). The molecule has 3 aliphatic rings. The zero-order chi connectivity index (χ0) is 16.9. The van der Waals surface area contributed by atoms with Crippen molar-refractivity contribution in [1.82, 2.24) is 4.90 Å². The number of nitrogens with zero attached hydrogens (tertiary/aromatic N) is 2. The Morgan fingerprint density at radius 3 is 2.42 bits per heavy atom. The van der Waals surface area contributed by atoms with Crippen molar-refractivity contribution >= 4 is 5.69 Å². The van der Waals surface area contributed by atoms with Gasteiger partial charge in [0.05, 0.1) is 0 Å². The first kappa shape index (κ1) is 15.8. The number of aryl methyl sites for hydroxylation is 1. The molecule has 1 aliphatic carbocycles. The summed E-state index contributed by atoms with van der Waals surface area (Å²) in [5.74, 6) is 0.754. The first-order valence-corrected chi connectivity index (χ1v) is 9.54. The van der Waals surface area contributed by atoms with E-state index in [0.29, 0.717) is 6.17 Å². The quantitative estimate of drug-likeness (QED) is 0.678. The fraction of sp³-hybridized carbons (Fsp3) is 0.545. The molecule has 24 heavy (non-hydrogen) atoms. The van der Waals surface area contributed by atoms with Crippen molar-refractivity contribution in [1.29, 1.82) is 0 Å². The maximum Gasteiger partial charge on any atom is 0.113 e. The largest absolute Gasteiger partial charge is 0.328 e. The summed E-state index contributed by atoms with van der Waals surface area (Å²) in [5, 5.41) is 0.